The minimum atomic E-state index is -2.91. The normalized spacial score (nSPS) is 24.7. The van der Waals surface area contributed by atoms with E-state index in [1.165, 1.54) is 31.1 Å². The van der Waals surface area contributed by atoms with Gasteiger partial charge in [0.15, 0.2) is 0 Å². The Bertz CT molecular complexity index is 527. The Labute approximate surface area is 129 Å². The molecule has 118 valence electrons. The highest BCUT2D eigenvalue weighted by molar-refractivity contribution is 7.90. The van der Waals surface area contributed by atoms with Gasteiger partial charge in [-0.3, -0.25) is 0 Å². The van der Waals surface area contributed by atoms with Crippen LogP contribution in [0.25, 0.3) is 0 Å². The van der Waals surface area contributed by atoms with Gasteiger partial charge < -0.3 is 5.32 Å². The molecule has 3 unspecified atom stereocenters. The predicted octanol–water partition coefficient (Wildman–Crippen LogP) is 2.81. The van der Waals surface area contributed by atoms with E-state index in [9.17, 15) is 8.42 Å². The van der Waals surface area contributed by atoms with Gasteiger partial charge in [0, 0.05) is 18.3 Å². The van der Waals surface area contributed by atoms with Crippen molar-refractivity contribution in [2.45, 2.75) is 51.1 Å². The molecule has 1 aliphatic carbocycles. The number of sulfone groups is 1. The molecule has 1 fully saturated rings. The molecule has 0 spiro atoms. The summed E-state index contributed by atoms with van der Waals surface area (Å²) in [5.74, 6) is 0.838. The van der Waals surface area contributed by atoms with E-state index in [0.29, 0.717) is 12.0 Å². The molecule has 2 rings (SSSR count). The number of hydrogen-bond acceptors (Lipinski definition) is 3. The van der Waals surface area contributed by atoms with Crippen LogP contribution in [0.3, 0.4) is 0 Å². The van der Waals surface area contributed by atoms with Crippen molar-refractivity contribution < 1.29 is 8.42 Å². The Morgan fingerprint density at radius 2 is 1.86 bits per heavy atom. The van der Waals surface area contributed by atoms with Crippen LogP contribution in [0.4, 0.5) is 0 Å². The summed E-state index contributed by atoms with van der Waals surface area (Å²) < 4.78 is 22.8. The topological polar surface area (TPSA) is 46.2 Å². The first-order valence-corrected chi connectivity index (χ1v) is 9.98. The number of hydrogen-bond donors (Lipinski definition) is 1. The van der Waals surface area contributed by atoms with Crippen LogP contribution in [0.5, 0.6) is 0 Å². The largest absolute Gasteiger partial charge is 0.310 e. The predicted molar refractivity (Wildman–Crippen MR) is 88.2 cm³/mol. The van der Waals surface area contributed by atoms with Gasteiger partial charge in [-0.05, 0) is 37.7 Å². The maximum Gasteiger partial charge on any atom is 0.148 e. The van der Waals surface area contributed by atoms with Crippen LogP contribution in [0.15, 0.2) is 30.3 Å². The van der Waals surface area contributed by atoms with Crippen molar-refractivity contribution >= 4 is 9.84 Å². The SMILES string of the molecule is CC(CS(C)(=O)=O)NC1CCCCC1Cc1ccccc1. The van der Waals surface area contributed by atoms with Crippen LogP contribution >= 0.6 is 0 Å². The van der Waals surface area contributed by atoms with Crippen LogP contribution < -0.4 is 5.32 Å². The molecule has 1 aromatic carbocycles. The van der Waals surface area contributed by atoms with Crippen LogP contribution in [-0.4, -0.2) is 32.5 Å². The molecule has 21 heavy (non-hydrogen) atoms. The van der Waals surface area contributed by atoms with Crippen LogP contribution in [0.2, 0.25) is 0 Å². The Kier molecular flexibility index (Phi) is 5.82. The number of nitrogens with one attached hydrogen (secondary N) is 1. The summed E-state index contributed by atoms with van der Waals surface area (Å²) in [6.45, 7) is 1.98. The molecule has 4 heteroatoms. The molecular formula is C17H27NO2S. The molecule has 0 heterocycles. The lowest BCUT2D eigenvalue weighted by Crippen LogP contribution is -2.46. The molecule has 0 aromatic heterocycles. The minimum absolute atomic E-state index is 0.0290. The van der Waals surface area contributed by atoms with Gasteiger partial charge in [0.2, 0.25) is 0 Å². The lowest BCUT2D eigenvalue weighted by molar-refractivity contribution is 0.248. The average Bonchev–Trinajstić information content (AvgIpc) is 2.40. The van der Waals surface area contributed by atoms with E-state index in [4.69, 9.17) is 0 Å². The summed E-state index contributed by atoms with van der Waals surface area (Å²) in [6.07, 6.45) is 7.33. The average molecular weight is 309 g/mol. The summed E-state index contributed by atoms with van der Waals surface area (Å²) in [5, 5.41) is 3.57. The third-order valence-corrected chi connectivity index (χ3v) is 5.41. The van der Waals surface area contributed by atoms with Gasteiger partial charge >= 0.3 is 0 Å². The Balaban J connectivity index is 1.95. The van der Waals surface area contributed by atoms with E-state index >= 15 is 0 Å². The third kappa shape index (κ3) is 5.79. The van der Waals surface area contributed by atoms with Crippen molar-refractivity contribution in [3.63, 3.8) is 0 Å². The van der Waals surface area contributed by atoms with E-state index in [0.717, 1.165) is 12.8 Å². The smallest absolute Gasteiger partial charge is 0.148 e. The molecule has 3 nitrogen and oxygen atoms in total. The first-order chi connectivity index (χ1) is 9.94. The van der Waals surface area contributed by atoms with Crippen molar-refractivity contribution in [2.24, 2.45) is 5.92 Å². The van der Waals surface area contributed by atoms with Crippen LogP contribution in [-0.2, 0) is 16.3 Å². The second kappa shape index (κ2) is 7.41. The zero-order valence-corrected chi connectivity index (χ0v) is 13.9. The fraction of sp³-hybridized carbons (Fsp3) is 0.647. The highest BCUT2D eigenvalue weighted by Crippen LogP contribution is 2.28. The summed E-state index contributed by atoms with van der Waals surface area (Å²) in [6, 6.07) is 11.1. The lowest BCUT2D eigenvalue weighted by Gasteiger charge is -2.34. The van der Waals surface area contributed by atoms with Crippen molar-refractivity contribution in [2.75, 3.05) is 12.0 Å². The second-order valence-corrected chi connectivity index (χ2v) is 8.69. The zero-order chi connectivity index (χ0) is 15.3. The summed E-state index contributed by atoms with van der Waals surface area (Å²) in [4.78, 5) is 0. The van der Waals surface area contributed by atoms with Gasteiger partial charge in [-0.2, -0.15) is 0 Å². The van der Waals surface area contributed by atoms with Crippen molar-refractivity contribution in [3.8, 4) is 0 Å². The molecule has 1 saturated carbocycles. The fourth-order valence-electron chi connectivity index (χ4n) is 3.46. The van der Waals surface area contributed by atoms with Crippen molar-refractivity contribution in [3.05, 3.63) is 35.9 Å². The van der Waals surface area contributed by atoms with E-state index in [2.05, 4.69) is 29.6 Å². The molecule has 0 bridgehead atoms. The molecular weight excluding hydrogens is 282 g/mol. The first kappa shape index (κ1) is 16.5. The summed E-state index contributed by atoms with van der Waals surface area (Å²) in [7, 11) is -2.91. The lowest BCUT2D eigenvalue weighted by atomic mass is 9.80. The second-order valence-electron chi connectivity index (χ2n) is 6.50. The molecule has 1 aromatic rings. The van der Waals surface area contributed by atoms with Gasteiger partial charge in [0.05, 0.1) is 5.75 Å². The van der Waals surface area contributed by atoms with Gasteiger partial charge in [0.25, 0.3) is 0 Å². The fourth-order valence-corrected chi connectivity index (χ4v) is 4.46. The highest BCUT2D eigenvalue weighted by atomic mass is 32.2. The monoisotopic (exact) mass is 309 g/mol. The van der Waals surface area contributed by atoms with E-state index in [1.807, 2.05) is 13.0 Å². The zero-order valence-electron chi connectivity index (χ0n) is 13.1. The van der Waals surface area contributed by atoms with Gasteiger partial charge in [-0.1, -0.05) is 43.2 Å². The van der Waals surface area contributed by atoms with Gasteiger partial charge in [-0.25, -0.2) is 8.42 Å². The van der Waals surface area contributed by atoms with Gasteiger partial charge in [0.1, 0.15) is 9.84 Å². The summed E-state index contributed by atoms with van der Waals surface area (Å²) >= 11 is 0. The van der Waals surface area contributed by atoms with Crippen LogP contribution in [0, 0.1) is 5.92 Å². The molecule has 0 amide bonds. The molecule has 3 atom stereocenters. The van der Waals surface area contributed by atoms with E-state index in [1.54, 1.807) is 0 Å². The van der Waals surface area contributed by atoms with Gasteiger partial charge in [-0.15, -0.1) is 0 Å². The number of benzene rings is 1. The van der Waals surface area contributed by atoms with Crippen LogP contribution in [0.1, 0.15) is 38.2 Å². The van der Waals surface area contributed by atoms with E-state index in [-0.39, 0.29) is 11.8 Å². The Morgan fingerprint density at radius 1 is 1.19 bits per heavy atom. The molecule has 1 aliphatic rings. The molecule has 0 radical (unpaired) electrons. The Hall–Kier alpha value is -0.870. The molecule has 0 saturated heterocycles. The number of rotatable bonds is 6. The Morgan fingerprint density at radius 3 is 2.52 bits per heavy atom. The van der Waals surface area contributed by atoms with Crippen molar-refractivity contribution in [1.82, 2.24) is 5.32 Å². The molecule has 1 N–H and O–H groups in total. The maximum atomic E-state index is 11.4. The summed E-state index contributed by atoms with van der Waals surface area (Å²) in [5.41, 5.74) is 1.38. The third-order valence-electron chi connectivity index (χ3n) is 4.30. The highest BCUT2D eigenvalue weighted by Gasteiger charge is 2.26. The molecule has 0 aliphatic heterocycles. The maximum absolute atomic E-state index is 11.4. The van der Waals surface area contributed by atoms with Crippen molar-refractivity contribution in [1.29, 1.82) is 0 Å². The van der Waals surface area contributed by atoms with E-state index < -0.39 is 9.84 Å². The standard InChI is InChI=1S/C17H27NO2S/c1-14(13-21(2,19)20)18-17-11-7-6-10-16(17)12-15-8-4-3-5-9-15/h3-5,8-9,14,16-18H,6-7,10-13H2,1-2H3. The quantitative estimate of drug-likeness (QED) is 0.879. The first-order valence-electron chi connectivity index (χ1n) is 7.92. The minimum Gasteiger partial charge on any atom is -0.310 e.